The van der Waals surface area contributed by atoms with Crippen LogP contribution in [0.1, 0.15) is 150 Å². The number of aliphatic hydroxyl groups excluding tert-OH is 8. The van der Waals surface area contributed by atoms with Gasteiger partial charge in [0.15, 0.2) is 34.8 Å². The second kappa shape index (κ2) is 37.7. The average molecular weight is 1830 g/mol. The van der Waals surface area contributed by atoms with E-state index < -0.39 is 145 Å². The third kappa shape index (κ3) is 17.4. The van der Waals surface area contributed by atoms with Gasteiger partial charge in [0.2, 0.25) is 5.88 Å². The van der Waals surface area contributed by atoms with Crippen LogP contribution < -0.4 is 60.2 Å². The summed E-state index contributed by atoms with van der Waals surface area (Å²) >= 11 is 0. The number of nitrogens with zero attached hydrogens (tertiary/aromatic N) is 13. The molecule has 0 bridgehead atoms. The number of halogens is 9. The van der Waals surface area contributed by atoms with Crippen LogP contribution >= 0.6 is 0 Å². The Bertz CT molecular complexity index is 6050. The van der Waals surface area contributed by atoms with Crippen molar-refractivity contribution in [1.29, 1.82) is 0 Å². The quantitative estimate of drug-likeness (QED) is 0.0359. The number of benzene rings is 3. The predicted octanol–water partition coefficient (Wildman–Crippen LogP) is 8.26. The molecule has 20 rings (SSSR count). The molecule has 4 fully saturated rings. The summed E-state index contributed by atoms with van der Waals surface area (Å²) in [5.41, 5.74) is 13.3. The van der Waals surface area contributed by atoms with Crippen LogP contribution in [0.5, 0.6) is 40.5 Å². The number of aryl methyl sites for hydroxylation is 3. The first-order chi connectivity index (χ1) is 62.9. The summed E-state index contributed by atoms with van der Waals surface area (Å²) in [6, 6.07) is 7.00. The third-order valence-electron chi connectivity index (χ3n) is 25.9. The van der Waals surface area contributed by atoms with Crippen molar-refractivity contribution >= 4 is 50.0 Å². The summed E-state index contributed by atoms with van der Waals surface area (Å²) < 4.78 is 173. The molecule has 17 atom stereocenters. The van der Waals surface area contributed by atoms with Crippen LogP contribution in [-0.4, -0.2) is 223 Å². The fraction of sp³-hybridized carbons (Fsp3) is 0.472. The standard InChI is InChI=1S/C24H29FN4O4.C22H23F4N5O3.C22H23F3N4O4.C21H24FN5O4/c1-12(2)32-19-9-18(16-10-26-6-4-15(16)21(19)25)33-20-8-17(22(30)23(20)31)29-7-5-14-13(3)27-11-28-24(14)29;1-8-4-28-5-10-13(2-9(20(25)26)17(24)15(8)10)34-14-3-12(18(32)19(14)33)31-6-11(23)16-21(27)29-7-30-22(16)31;1-10-11-3-5-29(21(11)28-9-27-10)14-6-17(20(31)19(14)30)32-15-7-16(33-22(24)25)18(23)12-2-4-26-8-13(12)15;1-10-11-4-6-27(19(11)25-9-24-10)14-7-15(18(29)17(14)28)31-20-13-8-23-5-3-12(13)16(22)21(26-20)30-2/h5,7,9,11-12,17,20,22-23,26,30-31H,4,6,8,10H2,1-3H3;2,6-8,12,14,18-20,28,32-33H,3-5H2,1H3,(H2,27,29,30);3,5,7,9,14,17,19-20,22,26,30-31H,2,4,6,8H2,1H3;4,6,9,14-15,17-18,23,28-29H,3,5,7-8H2,1-2H3/t17-,20+,22+,23-;8-,12-,14+,18+,19-;14-,17+,19+,20-;14-,15+,17+,18-/m1111/s1. The fourth-order valence-corrected chi connectivity index (χ4v) is 19.3. The molecule has 4 aliphatic carbocycles. The lowest BCUT2D eigenvalue weighted by Crippen LogP contribution is -2.35. The second-order valence-corrected chi connectivity index (χ2v) is 34.2. The molecule has 42 heteroatoms. The van der Waals surface area contributed by atoms with Gasteiger partial charge in [-0.05, 0) is 104 Å². The van der Waals surface area contributed by atoms with Crippen molar-refractivity contribution in [3.05, 3.63) is 183 Å². The van der Waals surface area contributed by atoms with Crippen molar-refractivity contribution in [3.63, 3.8) is 0 Å². The molecule has 4 aliphatic heterocycles. The Kier molecular flexibility index (Phi) is 26.3. The van der Waals surface area contributed by atoms with E-state index in [-0.39, 0.29) is 107 Å². The molecular formula is C89H99F9N18O15. The minimum atomic E-state index is -3.19. The largest absolute Gasteiger partial charge is 0.488 e. The first kappa shape index (κ1) is 91.5. The smallest absolute Gasteiger partial charge is 0.387 e. The van der Waals surface area contributed by atoms with Crippen molar-refractivity contribution in [2.24, 2.45) is 0 Å². The number of nitrogens with two attached hydrogens (primary N) is 1. The van der Waals surface area contributed by atoms with E-state index in [1.54, 1.807) is 23.8 Å². The highest BCUT2D eigenvalue weighted by Gasteiger charge is 2.50. The Labute approximate surface area is 742 Å². The Morgan fingerprint density at radius 1 is 0.435 bits per heavy atom. The van der Waals surface area contributed by atoms with Crippen LogP contribution in [0.25, 0.3) is 44.1 Å². The summed E-state index contributed by atoms with van der Waals surface area (Å²) in [6.07, 6.45) is -1.74. The zero-order chi connectivity index (χ0) is 92.6. The topological polar surface area (TPSA) is 436 Å². The number of anilines is 1. The highest BCUT2D eigenvalue weighted by molar-refractivity contribution is 5.87. The van der Waals surface area contributed by atoms with E-state index in [2.05, 4.69) is 70.9 Å². The normalized spacial score (nSPS) is 25.6. The molecule has 131 heavy (non-hydrogen) atoms. The highest BCUT2D eigenvalue weighted by atomic mass is 19.3. The van der Waals surface area contributed by atoms with Crippen LogP contribution in [0.2, 0.25) is 0 Å². The average Bonchev–Trinajstić information content (AvgIpc) is 1.43. The first-order valence-corrected chi connectivity index (χ1v) is 43.1. The summed E-state index contributed by atoms with van der Waals surface area (Å²) in [5.74, 6) is -3.50. The van der Waals surface area contributed by atoms with E-state index in [1.165, 1.54) is 30.7 Å². The number of nitrogen functional groups attached to an aromatic ring is 1. The first-order valence-electron chi connectivity index (χ1n) is 43.1. The van der Waals surface area contributed by atoms with Crippen molar-refractivity contribution in [2.45, 2.75) is 235 Å². The van der Waals surface area contributed by atoms with Crippen LogP contribution in [0.4, 0.5) is 45.3 Å². The van der Waals surface area contributed by atoms with Gasteiger partial charge in [-0.2, -0.15) is 13.8 Å². The molecule has 3 aromatic carbocycles. The van der Waals surface area contributed by atoms with Crippen molar-refractivity contribution < 1.29 is 114 Å². The third-order valence-corrected chi connectivity index (χ3v) is 25.9. The highest BCUT2D eigenvalue weighted by Crippen LogP contribution is 2.48. The number of alkyl halides is 4. The monoisotopic (exact) mass is 1830 g/mol. The zero-order valence-corrected chi connectivity index (χ0v) is 72.0. The Morgan fingerprint density at radius 2 is 0.832 bits per heavy atom. The number of aliphatic hydroxyl groups is 8. The summed E-state index contributed by atoms with van der Waals surface area (Å²) in [4.78, 5) is 37.6. The van der Waals surface area contributed by atoms with Gasteiger partial charge in [-0.3, -0.25) is 0 Å². The number of fused-ring (bicyclic) bond motifs is 8. The maximum atomic E-state index is 15.1. The maximum absolute atomic E-state index is 15.1. The van der Waals surface area contributed by atoms with Crippen molar-refractivity contribution in [3.8, 4) is 40.5 Å². The van der Waals surface area contributed by atoms with Crippen LogP contribution in [-0.2, 0) is 45.4 Å². The molecule has 4 saturated carbocycles. The van der Waals surface area contributed by atoms with Gasteiger partial charge in [0.25, 0.3) is 12.3 Å². The molecule has 14 N–H and O–H groups in total. The predicted molar refractivity (Wildman–Crippen MR) is 453 cm³/mol. The lowest BCUT2D eigenvalue weighted by atomic mass is 9.89. The minimum Gasteiger partial charge on any atom is -0.488 e. The molecular weight excluding hydrogens is 1730 g/mol. The molecule has 0 spiro atoms. The van der Waals surface area contributed by atoms with Crippen LogP contribution in [0, 0.1) is 49.9 Å². The molecule has 8 aliphatic rings. The molecule has 13 heterocycles. The Hall–Kier alpha value is -11.4. The Morgan fingerprint density at radius 3 is 1.27 bits per heavy atom. The fourth-order valence-electron chi connectivity index (χ4n) is 19.3. The van der Waals surface area contributed by atoms with Gasteiger partial charge in [-0.15, -0.1) is 0 Å². The van der Waals surface area contributed by atoms with Crippen LogP contribution in [0.3, 0.4) is 0 Å². The van der Waals surface area contributed by atoms with Gasteiger partial charge in [0.1, 0.15) is 150 Å². The van der Waals surface area contributed by atoms with E-state index >= 15 is 4.39 Å². The van der Waals surface area contributed by atoms with Crippen molar-refractivity contribution in [2.75, 3.05) is 39.0 Å². The Balaban J connectivity index is 0.000000122. The second-order valence-electron chi connectivity index (χ2n) is 34.2. The van der Waals surface area contributed by atoms with Gasteiger partial charge >= 0.3 is 6.61 Å². The van der Waals surface area contributed by atoms with E-state index in [1.807, 2.05) is 74.3 Å². The zero-order valence-electron chi connectivity index (χ0n) is 72.0. The van der Waals surface area contributed by atoms with Crippen molar-refractivity contribution in [1.82, 2.24) is 84.4 Å². The van der Waals surface area contributed by atoms with E-state index in [4.69, 9.17) is 34.2 Å². The van der Waals surface area contributed by atoms with Gasteiger partial charge in [-0.25, -0.2) is 70.6 Å². The number of rotatable bonds is 18. The number of aromatic nitrogens is 13. The minimum absolute atomic E-state index is 0.00854. The summed E-state index contributed by atoms with van der Waals surface area (Å²) in [5, 5.41) is 101. The van der Waals surface area contributed by atoms with Crippen LogP contribution in [0.15, 0.2) is 86.5 Å². The lowest BCUT2D eigenvalue weighted by molar-refractivity contribution is -0.0527. The molecule has 0 unspecified atom stereocenters. The number of nitrogens with one attached hydrogen (secondary N) is 4. The molecule has 0 radical (unpaired) electrons. The van der Waals surface area contributed by atoms with Gasteiger partial charge in [0.05, 0.1) is 65.4 Å². The van der Waals surface area contributed by atoms with Gasteiger partial charge in [-0.1, -0.05) is 6.92 Å². The van der Waals surface area contributed by atoms with E-state index in [0.29, 0.717) is 115 Å². The van der Waals surface area contributed by atoms with E-state index in [9.17, 15) is 76.0 Å². The molecule has 33 nitrogen and oxygen atoms in total. The maximum Gasteiger partial charge on any atom is 0.387 e. The van der Waals surface area contributed by atoms with Gasteiger partial charge < -0.3 is 119 Å². The molecule has 0 saturated heterocycles. The number of methoxy groups -OCH3 is 1. The summed E-state index contributed by atoms with van der Waals surface area (Å²) in [6.45, 7) is 11.4. The summed E-state index contributed by atoms with van der Waals surface area (Å²) in [7, 11) is 1.36. The molecule has 698 valence electrons. The molecule has 0 amide bonds. The number of ether oxygens (including phenoxy) is 7. The number of hydrogen-bond acceptors (Lipinski definition) is 29. The number of hydrogen-bond donors (Lipinski definition) is 13. The molecule has 9 aromatic heterocycles. The van der Waals surface area contributed by atoms with E-state index in [0.717, 1.165) is 63.5 Å². The SMILES string of the molecule is COc1nc(O[C@H]2C[C@@H](n3ccc4c(C)ncnc43)[C@H](O)[C@@H]2O)c2c(c1F)CCNC2.C[C@@H]1CNCc2c(O[C@H]3C[C@@H](n4cc(F)c5c(N)ncnc54)[C@H](O)[C@@H]3O)cc(C(F)F)c(F)c21.Cc1ncnc2c1ccn2[C@@H]1C[C@H](Oc2cc(OC(C)C)c(F)c3c2CNCC3)[C@@H](O)[C@H]1O.Cc1ncnc2c1ccn2[C@@H]1C[C@H](Oc2cc(OC(F)F)c(F)c3c2CNCC3)[C@@H](O)[C@H]1O. The number of pyridine rings is 1. The lowest BCUT2D eigenvalue weighted by Gasteiger charge is -2.29. The van der Waals surface area contributed by atoms with Gasteiger partial charge in [0, 0.05) is 156 Å². The molecule has 12 aromatic rings.